The molecule has 27 heavy (non-hydrogen) atoms. The molecule has 6 heteroatoms. The summed E-state index contributed by atoms with van der Waals surface area (Å²) in [7, 11) is 0. The molecule has 1 aromatic rings. The summed E-state index contributed by atoms with van der Waals surface area (Å²) in [5, 5.41) is 9.19. The lowest BCUT2D eigenvalue weighted by atomic mass is 9.60. The Morgan fingerprint density at radius 1 is 1.19 bits per heavy atom. The predicted octanol–water partition coefficient (Wildman–Crippen LogP) is 3.06. The van der Waals surface area contributed by atoms with Crippen LogP contribution >= 0.6 is 0 Å². The number of carboxylic acid groups (broad SMARTS) is 1. The van der Waals surface area contributed by atoms with Crippen LogP contribution in [0.3, 0.4) is 0 Å². The van der Waals surface area contributed by atoms with Gasteiger partial charge in [-0.05, 0) is 62.7 Å². The first-order valence-electron chi connectivity index (χ1n) is 10.7. The molecule has 6 rings (SSSR count). The van der Waals surface area contributed by atoms with E-state index >= 15 is 0 Å². The Bertz CT molecular complexity index is 755. The summed E-state index contributed by atoms with van der Waals surface area (Å²) in [5.41, 5.74) is 2.63. The van der Waals surface area contributed by atoms with E-state index in [4.69, 9.17) is 9.97 Å². The zero-order valence-electron chi connectivity index (χ0n) is 16.4. The normalized spacial score (nSPS) is 34.5. The monoisotopic (exact) mass is 370 g/mol. The summed E-state index contributed by atoms with van der Waals surface area (Å²) in [6.45, 7) is 7.53. The van der Waals surface area contributed by atoms with Gasteiger partial charge >= 0.3 is 5.97 Å². The Labute approximate surface area is 161 Å². The van der Waals surface area contributed by atoms with Crippen molar-refractivity contribution < 1.29 is 9.90 Å². The van der Waals surface area contributed by atoms with Crippen LogP contribution in [0.15, 0.2) is 0 Å². The summed E-state index contributed by atoms with van der Waals surface area (Å²) in [5.74, 6) is 3.32. The van der Waals surface area contributed by atoms with E-state index in [-0.39, 0.29) is 0 Å². The fourth-order valence-corrected chi connectivity index (χ4v) is 5.75. The van der Waals surface area contributed by atoms with Crippen LogP contribution in [0.5, 0.6) is 0 Å². The number of hydrogen-bond acceptors (Lipinski definition) is 5. The molecule has 4 fully saturated rings. The van der Waals surface area contributed by atoms with E-state index in [2.05, 4.69) is 23.6 Å². The zero-order chi connectivity index (χ0) is 18.7. The van der Waals surface area contributed by atoms with Crippen LogP contribution in [0.1, 0.15) is 63.1 Å². The number of hydrogen-bond donors (Lipinski definition) is 1. The molecule has 5 atom stereocenters. The van der Waals surface area contributed by atoms with Crippen LogP contribution in [-0.4, -0.2) is 46.7 Å². The maximum Gasteiger partial charge on any atom is 0.303 e. The number of carbonyl (C=O) groups is 1. The molecule has 1 N–H and O–H groups in total. The second-order valence-electron chi connectivity index (χ2n) is 9.26. The Hall–Kier alpha value is -1.85. The van der Waals surface area contributed by atoms with E-state index in [1.807, 2.05) is 0 Å². The van der Waals surface area contributed by atoms with Gasteiger partial charge in [0.15, 0.2) is 0 Å². The number of aliphatic carboxylic acids is 1. The molecule has 4 heterocycles. The molecule has 0 radical (unpaired) electrons. The third-order valence-electron chi connectivity index (χ3n) is 7.55. The van der Waals surface area contributed by atoms with Crippen molar-refractivity contribution in [3.8, 4) is 0 Å². The van der Waals surface area contributed by atoms with E-state index in [0.29, 0.717) is 36.1 Å². The molecular formula is C21H30N4O2. The minimum absolute atomic E-state index is 0.332. The third-order valence-corrected chi connectivity index (χ3v) is 7.55. The summed E-state index contributed by atoms with van der Waals surface area (Å²) in [4.78, 5) is 26.1. The van der Waals surface area contributed by atoms with Gasteiger partial charge in [-0.3, -0.25) is 4.79 Å². The number of rotatable bonds is 4. The summed E-state index contributed by atoms with van der Waals surface area (Å²) in [6, 6.07) is 0.532. The molecule has 0 amide bonds. The first kappa shape index (κ1) is 17.3. The van der Waals surface area contributed by atoms with Gasteiger partial charge < -0.3 is 14.9 Å². The topological polar surface area (TPSA) is 69.6 Å². The average Bonchev–Trinajstić information content (AvgIpc) is 2.65. The van der Waals surface area contributed by atoms with Crippen molar-refractivity contribution in [2.75, 3.05) is 29.4 Å². The molecule has 3 aliphatic heterocycles. The largest absolute Gasteiger partial charge is 0.481 e. The van der Waals surface area contributed by atoms with Gasteiger partial charge in [0.1, 0.15) is 5.82 Å². The number of anilines is 2. The highest BCUT2D eigenvalue weighted by atomic mass is 16.4. The molecule has 3 saturated heterocycles. The predicted molar refractivity (Wildman–Crippen MR) is 104 cm³/mol. The maximum absolute atomic E-state index is 11.2. The molecule has 5 aliphatic rings. The summed E-state index contributed by atoms with van der Waals surface area (Å²) < 4.78 is 0. The van der Waals surface area contributed by atoms with Crippen molar-refractivity contribution in [2.24, 2.45) is 17.8 Å². The van der Waals surface area contributed by atoms with Gasteiger partial charge in [0.05, 0.1) is 5.69 Å². The van der Waals surface area contributed by atoms with E-state index in [0.717, 1.165) is 37.8 Å². The second-order valence-corrected chi connectivity index (χ2v) is 9.26. The Kier molecular flexibility index (Phi) is 4.06. The standard InChI is InChI=1S/C21H30N4O2/c1-12-4-3-5-16-19(12)22-21(25-7-6-13(25)2)23-20(16)24-10-14-8-15(11-24)17(14)9-18(26)27/h12-15,17H,3-11H2,1-2H3,(H,26,27)/t12-,13-,14-,15+,17-/m0/s1. The van der Waals surface area contributed by atoms with Crippen molar-refractivity contribution in [1.29, 1.82) is 0 Å². The smallest absolute Gasteiger partial charge is 0.303 e. The maximum atomic E-state index is 11.2. The molecule has 146 valence electrons. The lowest BCUT2D eigenvalue weighted by Gasteiger charge is -2.54. The fraction of sp³-hybridized carbons (Fsp3) is 0.762. The Morgan fingerprint density at radius 3 is 2.59 bits per heavy atom. The van der Waals surface area contributed by atoms with Gasteiger partial charge in [-0.15, -0.1) is 0 Å². The van der Waals surface area contributed by atoms with Gasteiger partial charge in [-0.25, -0.2) is 4.98 Å². The second kappa shape index (κ2) is 6.35. The van der Waals surface area contributed by atoms with Crippen molar-refractivity contribution in [2.45, 2.75) is 64.3 Å². The number of piperidine rings is 2. The first-order valence-corrected chi connectivity index (χ1v) is 10.7. The van der Waals surface area contributed by atoms with E-state index in [1.165, 1.54) is 36.9 Å². The molecule has 2 bridgehead atoms. The SMILES string of the molecule is C[C@H]1CCCc2c1nc(N1CC[C@@H]1C)nc2N1C[C@H]2C[C@@H](C1)[C@@H]2CC(=O)O. The molecular weight excluding hydrogens is 340 g/mol. The van der Waals surface area contributed by atoms with Crippen LogP contribution in [0.4, 0.5) is 11.8 Å². The van der Waals surface area contributed by atoms with Crippen molar-refractivity contribution >= 4 is 17.7 Å². The lowest BCUT2D eigenvalue weighted by molar-refractivity contribution is -0.141. The van der Waals surface area contributed by atoms with Crippen LogP contribution < -0.4 is 9.80 Å². The number of carboxylic acids is 1. The molecule has 0 unspecified atom stereocenters. The number of fused-ring (bicyclic) bond motifs is 3. The van der Waals surface area contributed by atoms with Crippen LogP contribution in [0, 0.1) is 17.8 Å². The number of aromatic nitrogens is 2. The lowest BCUT2D eigenvalue weighted by Crippen LogP contribution is -2.56. The third kappa shape index (κ3) is 2.79. The minimum Gasteiger partial charge on any atom is -0.481 e. The number of nitrogens with zero attached hydrogens (tertiary/aromatic N) is 4. The molecule has 0 aromatic carbocycles. The molecule has 0 spiro atoms. The fourth-order valence-electron chi connectivity index (χ4n) is 5.75. The van der Waals surface area contributed by atoms with Gasteiger partial charge in [0, 0.05) is 37.7 Å². The highest BCUT2D eigenvalue weighted by Crippen LogP contribution is 2.49. The quantitative estimate of drug-likeness (QED) is 0.878. The average molecular weight is 370 g/mol. The van der Waals surface area contributed by atoms with Gasteiger partial charge in [-0.2, -0.15) is 4.98 Å². The van der Waals surface area contributed by atoms with Crippen LogP contribution in [0.2, 0.25) is 0 Å². The summed E-state index contributed by atoms with van der Waals surface area (Å²) in [6.07, 6.45) is 6.24. The van der Waals surface area contributed by atoms with Crippen molar-refractivity contribution in [3.63, 3.8) is 0 Å². The van der Waals surface area contributed by atoms with Gasteiger partial charge in [0.25, 0.3) is 0 Å². The van der Waals surface area contributed by atoms with E-state index < -0.39 is 5.97 Å². The van der Waals surface area contributed by atoms with E-state index in [1.54, 1.807) is 0 Å². The highest BCUT2D eigenvalue weighted by molar-refractivity contribution is 5.67. The zero-order valence-corrected chi connectivity index (χ0v) is 16.4. The highest BCUT2D eigenvalue weighted by Gasteiger charge is 2.48. The van der Waals surface area contributed by atoms with Crippen molar-refractivity contribution in [1.82, 2.24) is 9.97 Å². The van der Waals surface area contributed by atoms with Crippen LogP contribution in [-0.2, 0) is 11.2 Å². The van der Waals surface area contributed by atoms with Gasteiger partial charge in [0.2, 0.25) is 5.95 Å². The molecule has 2 aliphatic carbocycles. The molecule has 1 saturated carbocycles. The molecule has 6 nitrogen and oxygen atoms in total. The Balaban J connectivity index is 1.46. The summed E-state index contributed by atoms with van der Waals surface area (Å²) >= 11 is 0. The molecule has 1 aromatic heterocycles. The minimum atomic E-state index is -0.648. The first-order chi connectivity index (χ1) is 13.0. The van der Waals surface area contributed by atoms with E-state index in [9.17, 15) is 9.90 Å². The van der Waals surface area contributed by atoms with Crippen LogP contribution in [0.25, 0.3) is 0 Å². The Morgan fingerprint density at radius 2 is 1.96 bits per heavy atom. The van der Waals surface area contributed by atoms with Gasteiger partial charge in [-0.1, -0.05) is 6.92 Å². The van der Waals surface area contributed by atoms with Crippen molar-refractivity contribution in [3.05, 3.63) is 11.3 Å².